The number of amides is 1. The summed E-state index contributed by atoms with van der Waals surface area (Å²) in [6.07, 6.45) is -4.37. The van der Waals surface area contributed by atoms with Crippen LogP contribution in [-0.4, -0.2) is 25.5 Å². The first-order valence-corrected chi connectivity index (χ1v) is 9.09. The number of benzene rings is 1. The van der Waals surface area contributed by atoms with Gasteiger partial charge in [-0.25, -0.2) is 22.2 Å². The number of aromatic nitrogens is 4. The van der Waals surface area contributed by atoms with Crippen molar-refractivity contribution in [3.8, 4) is 0 Å². The zero-order valence-electron chi connectivity index (χ0n) is 15.6. The Labute approximate surface area is 177 Å². The summed E-state index contributed by atoms with van der Waals surface area (Å²) >= 11 is 3.34. The van der Waals surface area contributed by atoms with Gasteiger partial charge in [-0.2, -0.15) is 23.4 Å². The fraction of sp³-hybridized carbons (Fsp3) is 0.235. The third-order valence-corrected chi connectivity index (χ3v) is 5.38. The second-order valence-corrected chi connectivity index (χ2v) is 7.12. The molecule has 0 aliphatic rings. The number of carbonyl (C=O) groups is 1. The molecule has 1 N–H and O–H groups in total. The molecule has 1 aromatic carbocycles. The number of anilines is 1. The topological polar surface area (TPSA) is 64.7 Å². The molecule has 166 valence electrons. The van der Waals surface area contributed by atoms with E-state index in [1.807, 2.05) is 0 Å². The lowest BCUT2D eigenvalue weighted by Gasteiger charge is -2.14. The molecule has 6 nitrogen and oxygen atoms in total. The van der Waals surface area contributed by atoms with E-state index in [1.165, 1.54) is 20.9 Å². The highest BCUT2D eigenvalue weighted by molar-refractivity contribution is 9.10. The third kappa shape index (κ3) is 4.16. The molecule has 0 radical (unpaired) electrons. The molecule has 0 fully saturated rings. The van der Waals surface area contributed by atoms with Crippen LogP contribution < -0.4 is 5.32 Å². The average Bonchev–Trinajstić information content (AvgIpc) is 3.24. The lowest BCUT2D eigenvalue weighted by Crippen LogP contribution is -2.21. The highest BCUT2D eigenvalue weighted by Gasteiger charge is 2.42. The summed E-state index contributed by atoms with van der Waals surface area (Å²) in [6, 6.07) is 1.13. The maximum Gasteiger partial charge on any atom is 0.422 e. The van der Waals surface area contributed by atoms with Crippen LogP contribution in [0.4, 0.5) is 36.4 Å². The quantitative estimate of drug-likeness (QED) is 0.403. The Hall–Kier alpha value is -2.90. The first-order valence-electron chi connectivity index (χ1n) is 8.30. The number of halogens is 8. The van der Waals surface area contributed by atoms with Gasteiger partial charge < -0.3 is 5.32 Å². The zero-order chi connectivity index (χ0) is 23.2. The Balaban J connectivity index is 1.87. The van der Waals surface area contributed by atoms with E-state index in [-0.39, 0.29) is 6.67 Å². The van der Waals surface area contributed by atoms with Crippen LogP contribution in [0.5, 0.6) is 0 Å². The molecule has 0 aliphatic carbocycles. The van der Waals surface area contributed by atoms with Gasteiger partial charge in [0.25, 0.3) is 5.91 Å². The third-order valence-electron chi connectivity index (χ3n) is 4.23. The van der Waals surface area contributed by atoms with Gasteiger partial charge >= 0.3 is 6.18 Å². The number of rotatable bonds is 4. The molecule has 3 aromatic rings. The highest BCUT2D eigenvalue weighted by Crippen LogP contribution is 2.38. The van der Waals surface area contributed by atoms with Crippen LogP contribution in [-0.2, 0) is 12.8 Å². The summed E-state index contributed by atoms with van der Waals surface area (Å²) in [4.78, 5) is 12.2. The summed E-state index contributed by atoms with van der Waals surface area (Å²) in [5.74, 6) is -11.5. The lowest BCUT2D eigenvalue weighted by molar-refractivity contribution is -0.143. The molecule has 0 aliphatic heterocycles. The SMILES string of the molecule is Cc1nn(Cn2ccc(C(=O)Nc3c(F)c(F)c(C(F)(F)F)c(F)c3F)n2)c(C)c1Br. The fourth-order valence-electron chi connectivity index (χ4n) is 2.68. The molecular formula is C17H11BrF7N5O. The summed E-state index contributed by atoms with van der Waals surface area (Å²) in [5.41, 5.74) is -3.41. The first-order chi connectivity index (χ1) is 14.3. The summed E-state index contributed by atoms with van der Waals surface area (Å²) < 4.78 is 96.7. The van der Waals surface area contributed by atoms with Crippen LogP contribution in [0.2, 0.25) is 0 Å². The Morgan fingerprint density at radius 1 is 1.06 bits per heavy atom. The number of aryl methyl sites for hydroxylation is 1. The molecule has 0 saturated carbocycles. The van der Waals surface area contributed by atoms with Crippen molar-refractivity contribution in [3.63, 3.8) is 0 Å². The Bertz CT molecular complexity index is 1160. The Morgan fingerprint density at radius 2 is 1.65 bits per heavy atom. The maximum atomic E-state index is 13.9. The fourth-order valence-corrected chi connectivity index (χ4v) is 2.96. The Morgan fingerprint density at radius 3 is 2.13 bits per heavy atom. The van der Waals surface area contributed by atoms with Crippen molar-refractivity contribution in [1.29, 1.82) is 0 Å². The second kappa shape index (κ2) is 7.98. The van der Waals surface area contributed by atoms with E-state index >= 15 is 0 Å². The number of nitrogens with one attached hydrogen (secondary N) is 1. The molecule has 3 rings (SSSR count). The number of carbonyl (C=O) groups excluding carboxylic acids is 1. The molecule has 0 bridgehead atoms. The van der Waals surface area contributed by atoms with Gasteiger partial charge in [-0.05, 0) is 35.8 Å². The van der Waals surface area contributed by atoms with E-state index in [0.717, 1.165) is 16.2 Å². The van der Waals surface area contributed by atoms with E-state index in [1.54, 1.807) is 13.8 Å². The van der Waals surface area contributed by atoms with Crippen molar-refractivity contribution in [3.05, 3.63) is 62.7 Å². The van der Waals surface area contributed by atoms with Gasteiger partial charge in [0.1, 0.15) is 17.9 Å². The van der Waals surface area contributed by atoms with E-state index in [4.69, 9.17) is 0 Å². The van der Waals surface area contributed by atoms with Crippen molar-refractivity contribution in [2.75, 3.05) is 5.32 Å². The number of hydrogen-bond donors (Lipinski definition) is 1. The Kier molecular flexibility index (Phi) is 5.86. The van der Waals surface area contributed by atoms with E-state index in [9.17, 15) is 35.5 Å². The normalized spacial score (nSPS) is 11.8. The van der Waals surface area contributed by atoms with Gasteiger partial charge in [-0.3, -0.25) is 9.48 Å². The van der Waals surface area contributed by atoms with Crippen LogP contribution in [0.1, 0.15) is 27.4 Å². The minimum absolute atomic E-state index is 0.0534. The molecule has 2 aromatic heterocycles. The molecule has 1 amide bonds. The molecule has 0 unspecified atom stereocenters. The molecule has 14 heteroatoms. The van der Waals surface area contributed by atoms with Gasteiger partial charge in [0.05, 0.1) is 15.9 Å². The van der Waals surface area contributed by atoms with Crippen LogP contribution >= 0.6 is 15.9 Å². The van der Waals surface area contributed by atoms with Crippen LogP contribution in [0, 0.1) is 37.1 Å². The first kappa shape index (κ1) is 22.8. The average molecular weight is 514 g/mol. The summed E-state index contributed by atoms with van der Waals surface area (Å²) in [7, 11) is 0. The standard InChI is InChI=1S/C17H11BrF7N5O/c1-6-10(18)7(2)30(27-6)5-29-4-3-8(28-29)16(31)26-15-13(21)11(19)9(17(23,24)25)12(20)14(15)22/h3-4H,5H2,1-2H3,(H,26,31). The monoisotopic (exact) mass is 513 g/mol. The van der Waals surface area contributed by atoms with E-state index in [0.29, 0.717) is 5.69 Å². The van der Waals surface area contributed by atoms with Gasteiger partial charge in [-0.1, -0.05) is 0 Å². The van der Waals surface area contributed by atoms with Crippen LogP contribution in [0.3, 0.4) is 0 Å². The predicted molar refractivity (Wildman–Crippen MR) is 96.3 cm³/mol. The molecule has 0 spiro atoms. The van der Waals surface area contributed by atoms with Crippen molar-refractivity contribution >= 4 is 27.5 Å². The van der Waals surface area contributed by atoms with Gasteiger partial charge in [0, 0.05) is 6.20 Å². The van der Waals surface area contributed by atoms with E-state index < -0.39 is 52.3 Å². The van der Waals surface area contributed by atoms with Gasteiger partial charge in [-0.15, -0.1) is 0 Å². The number of hydrogen-bond acceptors (Lipinski definition) is 3. The number of alkyl halides is 3. The van der Waals surface area contributed by atoms with Crippen molar-refractivity contribution in [2.24, 2.45) is 0 Å². The highest BCUT2D eigenvalue weighted by atomic mass is 79.9. The van der Waals surface area contributed by atoms with Crippen LogP contribution in [0.25, 0.3) is 0 Å². The summed E-state index contributed by atoms with van der Waals surface area (Å²) in [6.45, 7) is 3.57. The van der Waals surface area contributed by atoms with Gasteiger partial charge in [0.15, 0.2) is 29.0 Å². The minimum atomic E-state index is -5.69. The summed E-state index contributed by atoms with van der Waals surface area (Å²) in [5, 5.41) is 9.61. The van der Waals surface area contributed by atoms with Crippen molar-refractivity contribution in [1.82, 2.24) is 19.6 Å². The predicted octanol–water partition coefficient (Wildman–Crippen LogP) is 4.79. The molecular weight excluding hydrogens is 503 g/mol. The van der Waals surface area contributed by atoms with E-state index in [2.05, 4.69) is 26.1 Å². The van der Waals surface area contributed by atoms with Gasteiger partial charge in [0.2, 0.25) is 0 Å². The minimum Gasteiger partial charge on any atom is -0.315 e. The second-order valence-electron chi connectivity index (χ2n) is 6.32. The smallest absolute Gasteiger partial charge is 0.315 e. The van der Waals surface area contributed by atoms with Crippen molar-refractivity contribution < 1.29 is 35.5 Å². The lowest BCUT2D eigenvalue weighted by atomic mass is 10.1. The maximum absolute atomic E-state index is 13.9. The van der Waals surface area contributed by atoms with Crippen molar-refractivity contribution in [2.45, 2.75) is 26.7 Å². The van der Waals surface area contributed by atoms with Crippen LogP contribution in [0.15, 0.2) is 16.7 Å². The zero-order valence-corrected chi connectivity index (χ0v) is 17.2. The number of nitrogens with zero attached hydrogens (tertiary/aromatic N) is 4. The molecule has 0 saturated heterocycles. The largest absolute Gasteiger partial charge is 0.422 e. The molecule has 2 heterocycles. The molecule has 31 heavy (non-hydrogen) atoms. The molecule has 0 atom stereocenters.